The van der Waals surface area contributed by atoms with Crippen LogP contribution in [-0.4, -0.2) is 33.9 Å². The third-order valence-corrected chi connectivity index (χ3v) is 8.29. The lowest BCUT2D eigenvalue weighted by atomic mass is 9.97. The highest BCUT2D eigenvalue weighted by Gasteiger charge is 2.25. The highest BCUT2D eigenvalue weighted by molar-refractivity contribution is 7.99. The second kappa shape index (κ2) is 9.41. The summed E-state index contributed by atoms with van der Waals surface area (Å²) in [4.78, 5) is 33.1. The van der Waals surface area contributed by atoms with Crippen molar-refractivity contribution in [3.63, 3.8) is 0 Å². The Labute approximate surface area is 194 Å². The van der Waals surface area contributed by atoms with Gasteiger partial charge in [-0.3, -0.25) is 14.2 Å². The molecule has 0 spiro atoms. The maximum atomic E-state index is 13.6. The first-order valence-corrected chi connectivity index (χ1v) is 13.0. The summed E-state index contributed by atoms with van der Waals surface area (Å²) >= 11 is 2.95. The third kappa shape index (κ3) is 4.38. The van der Waals surface area contributed by atoms with Crippen molar-refractivity contribution in [1.82, 2.24) is 14.9 Å². The quantitative estimate of drug-likeness (QED) is 0.411. The van der Waals surface area contributed by atoms with Crippen molar-refractivity contribution >= 4 is 39.2 Å². The number of carbonyl (C=O) groups excluding carboxylic acids is 1. The van der Waals surface area contributed by atoms with Gasteiger partial charge in [-0.1, -0.05) is 11.8 Å². The van der Waals surface area contributed by atoms with Gasteiger partial charge in [0.05, 0.1) is 36.1 Å². The van der Waals surface area contributed by atoms with Gasteiger partial charge in [0.1, 0.15) is 10.6 Å². The van der Waals surface area contributed by atoms with Crippen LogP contribution in [-0.2, 0) is 28.9 Å². The van der Waals surface area contributed by atoms with Crippen LogP contribution in [0.25, 0.3) is 10.2 Å². The van der Waals surface area contributed by atoms with Crippen molar-refractivity contribution in [3.8, 4) is 0 Å². The summed E-state index contributed by atoms with van der Waals surface area (Å²) in [7, 11) is 0. The van der Waals surface area contributed by atoms with E-state index in [9.17, 15) is 9.59 Å². The summed E-state index contributed by atoms with van der Waals surface area (Å²) in [6.45, 7) is 3.10. The molecule has 2 atom stereocenters. The van der Waals surface area contributed by atoms with Crippen LogP contribution in [0.3, 0.4) is 0 Å². The van der Waals surface area contributed by atoms with Gasteiger partial charge in [0.25, 0.3) is 5.56 Å². The van der Waals surface area contributed by atoms with Gasteiger partial charge in [-0.25, -0.2) is 4.98 Å². The Morgan fingerprint density at radius 1 is 1.38 bits per heavy atom. The molecule has 9 heteroatoms. The minimum Gasteiger partial charge on any atom is -0.467 e. The van der Waals surface area contributed by atoms with Crippen LogP contribution in [0.4, 0.5) is 0 Å². The third-order valence-electron chi connectivity index (χ3n) is 6.13. The summed E-state index contributed by atoms with van der Waals surface area (Å²) in [5, 5.41) is 4.32. The molecule has 0 aromatic carbocycles. The molecule has 3 aromatic heterocycles. The van der Waals surface area contributed by atoms with E-state index in [1.165, 1.54) is 28.6 Å². The SMILES string of the molecule is CC(NC(=O)CSc1nc2sc3c(c2c(=O)n1CC1CCCO1)CCCC3)c1ccco1. The number of thioether (sulfide) groups is 1. The largest absolute Gasteiger partial charge is 0.467 e. The smallest absolute Gasteiger partial charge is 0.263 e. The van der Waals surface area contributed by atoms with Crippen molar-refractivity contribution < 1.29 is 13.9 Å². The van der Waals surface area contributed by atoms with Crippen LogP contribution in [0.1, 0.15) is 54.8 Å². The van der Waals surface area contributed by atoms with Crippen LogP contribution in [0.2, 0.25) is 0 Å². The van der Waals surface area contributed by atoms with Crippen molar-refractivity contribution in [2.45, 2.75) is 69.3 Å². The molecule has 1 aliphatic carbocycles. The lowest BCUT2D eigenvalue weighted by molar-refractivity contribution is -0.119. The molecule has 1 aliphatic heterocycles. The van der Waals surface area contributed by atoms with E-state index in [-0.39, 0.29) is 29.4 Å². The van der Waals surface area contributed by atoms with Crippen LogP contribution in [0.5, 0.6) is 0 Å². The maximum absolute atomic E-state index is 13.6. The van der Waals surface area contributed by atoms with E-state index >= 15 is 0 Å². The van der Waals surface area contributed by atoms with Crippen molar-refractivity contribution in [2.24, 2.45) is 0 Å². The Morgan fingerprint density at radius 3 is 3.03 bits per heavy atom. The second-order valence-corrected chi connectivity index (χ2v) is 10.5. The molecule has 170 valence electrons. The van der Waals surface area contributed by atoms with Crippen LogP contribution in [0.15, 0.2) is 32.8 Å². The molecule has 5 rings (SSSR count). The Kier molecular flexibility index (Phi) is 6.39. The number of hydrogen-bond donors (Lipinski definition) is 1. The molecule has 2 aliphatic rings. The average Bonchev–Trinajstić information content (AvgIpc) is 3.55. The van der Waals surface area contributed by atoms with Crippen LogP contribution >= 0.6 is 23.1 Å². The van der Waals surface area contributed by atoms with E-state index in [0.29, 0.717) is 17.5 Å². The van der Waals surface area contributed by atoms with Crippen LogP contribution in [0, 0.1) is 0 Å². The number of nitrogens with zero attached hydrogens (tertiary/aromatic N) is 2. The predicted molar refractivity (Wildman–Crippen MR) is 125 cm³/mol. The zero-order valence-electron chi connectivity index (χ0n) is 18.1. The number of hydrogen-bond acceptors (Lipinski definition) is 7. The second-order valence-electron chi connectivity index (χ2n) is 8.43. The Balaban J connectivity index is 1.41. The average molecular weight is 474 g/mol. The number of nitrogens with one attached hydrogen (secondary N) is 1. The maximum Gasteiger partial charge on any atom is 0.263 e. The number of carbonyl (C=O) groups is 1. The number of fused-ring (bicyclic) bond motifs is 3. The predicted octanol–water partition coefficient (Wildman–Crippen LogP) is 4.08. The minimum absolute atomic E-state index is 0.0109. The molecule has 1 fully saturated rings. The number of amides is 1. The zero-order chi connectivity index (χ0) is 22.1. The summed E-state index contributed by atoms with van der Waals surface area (Å²) < 4.78 is 12.9. The number of aryl methyl sites for hydroxylation is 2. The molecule has 0 saturated carbocycles. The van der Waals surface area contributed by atoms with Gasteiger partial charge < -0.3 is 14.5 Å². The van der Waals surface area contributed by atoms with Gasteiger partial charge in [-0.05, 0) is 63.1 Å². The highest BCUT2D eigenvalue weighted by atomic mass is 32.2. The molecular formula is C23H27N3O4S2. The van der Waals surface area contributed by atoms with Crippen molar-refractivity contribution in [2.75, 3.05) is 12.4 Å². The zero-order valence-corrected chi connectivity index (χ0v) is 19.7. The topological polar surface area (TPSA) is 86.4 Å². The molecule has 0 radical (unpaired) electrons. The van der Waals surface area contributed by atoms with E-state index in [4.69, 9.17) is 14.1 Å². The minimum atomic E-state index is -0.216. The summed E-state index contributed by atoms with van der Waals surface area (Å²) in [6, 6.07) is 3.42. The van der Waals surface area contributed by atoms with Crippen molar-refractivity contribution in [3.05, 3.63) is 45.0 Å². The Morgan fingerprint density at radius 2 is 2.25 bits per heavy atom. The fraction of sp³-hybridized carbons (Fsp3) is 0.522. The number of rotatable bonds is 7. The van der Waals surface area contributed by atoms with Crippen molar-refractivity contribution in [1.29, 1.82) is 0 Å². The van der Waals surface area contributed by atoms with Gasteiger partial charge in [-0.15, -0.1) is 11.3 Å². The molecule has 0 bridgehead atoms. The molecule has 32 heavy (non-hydrogen) atoms. The molecule has 1 saturated heterocycles. The molecule has 3 aromatic rings. The number of ether oxygens (including phenoxy) is 1. The van der Waals surface area contributed by atoms with E-state index in [0.717, 1.165) is 48.9 Å². The van der Waals surface area contributed by atoms with Gasteiger partial charge in [-0.2, -0.15) is 0 Å². The first kappa shape index (κ1) is 21.7. The summed E-state index contributed by atoms with van der Waals surface area (Å²) in [6.07, 6.45) is 7.83. The number of furan rings is 1. The van der Waals surface area contributed by atoms with Gasteiger partial charge in [0.15, 0.2) is 5.16 Å². The lowest BCUT2D eigenvalue weighted by Gasteiger charge is -2.17. The molecule has 1 N–H and O–H groups in total. The fourth-order valence-electron chi connectivity index (χ4n) is 4.51. The first-order valence-electron chi connectivity index (χ1n) is 11.2. The standard InChI is InChI=1S/C23H27N3O4S2/c1-14(17-8-5-11-30-17)24-19(27)13-31-23-25-21-20(16-7-2-3-9-18(16)32-21)22(28)26(23)12-15-6-4-10-29-15/h5,8,11,14-15H,2-4,6-7,9-10,12-13H2,1H3,(H,24,27). The normalized spacial score (nSPS) is 19.2. The lowest BCUT2D eigenvalue weighted by Crippen LogP contribution is -2.31. The van der Waals surface area contributed by atoms with E-state index < -0.39 is 0 Å². The molecular weight excluding hydrogens is 446 g/mol. The van der Waals surface area contributed by atoms with E-state index in [1.54, 1.807) is 28.2 Å². The number of thiophene rings is 1. The Hall–Kier alpha value is -2.10. The summed E-state index contributed by atoms with van der Waals surface area (Å²) in [5.74, 6) is 0.768. The molecule has 1 amide bonds. The van der Waals surface area contributed by atoms with Gasteiger partial charge in [0, 0.05) is 11.5 Å². The monoisotopic (exact) mass is 473 g/mol. The molecule has 4 heterocycles. The number of aromatic nitrogens is 2. The van der Waals surface area contributed by atoms with Crippen LogP contribution < -0.4 is 10.9 Å². The Bertz CT molecular complexity index is 1160. The van der Waals surface area contributed by atoms with E-state index in [1.807, 2.05) is 13.0 Å². The first-order chi connectivity index (χ1) is 15.6. The summed E-state index contributed by atoms with van der Waals surface area (Å²) in [5.41, 5.74) is 1.20. The van der Waals surface area contributed by atoms with Gasteiger partial charge in [0.2, 0.25) is 5.91 Å². The van der Waals surface area contributed by atoms with E-state index in [2.05, 4.69) is 5.32 Å². The molecule has 2 unspecified atom stereocenters. The fourth-order valence-corrected chi connectivity index (χ4v) is 6.63. The highest BCUT2D eigenvalue weighted by Crippen LogP contribution is 2.35. The van der Waals surface area contributed by atoms with Gasteiger partial charge >= 0.3 is 0 Å². The molecule has 7 nitrogen and oxygen atoms in total.